The molecule has 66 valence electrons. The summed E-state index contributed by atoms with van der Waals surface area (Å²) in [6.07, 6.45) is 8.72. The van der Waals surface area contributed by atoms with Crippen molar-refractivity contribution in [3.05, 3.63) is 24.3 Å². The highest BCUT2D eigenvalue weighted by molar-refractivity contribution is 5.92. The smallest absolute Gasteiger partial charge is 0.172 e. The number of Topliss-reactive ketones (excluding diaryl/α,β-unsaturated/α-hetero) is 1. The molecule has 0 unspecified atom stereocenters. The Hall–Kier alpha value is -0.890. The summed E-state index contributed by atoms with van der Waals surface area (Å²) in [6, 6.07) is 0. The Morgan fingerprint density at radius 2 is 2.00 bits per heavy atom. The average molecular weight is 166 g/mol. The number of carbonyl (C=O) groups is 1. The maximum Gasteiger partial charge on any atom is 0.172 e. The molecule has 1 rings (SSSR count). The lowest BCUT2D eigenvalue weighted by Gasteiger charge is -2.21. The lowest BCUT2D eigenvalue weighted by Crippen LogP contribution is -2.35. The molecular formula is C10H14O2. The molecule has 0 aliphatic heterocycles. The number of hydrogen-bond donors (Lipinski definition) is 0. The Bertz CT molecular complexity index is 214. The van der Waals surface area contributed by atoms with Gasteiger partial charge in [0, 0.05) is 13.5 Å². The number of carbonyl (C=O) groups excluding carboxylic acids is 1. The van der Waals surface area contributed by atoms with Crippen LogP contribution in [0.25, 0.3) is 0 Å². The van der Waals surface area contributed by atoms with Crippen molar-refractivity contribution >= 4 is 5.78 Å². The van der Waals surface area contributed by atoms with Gasteiger partial charge in [-0.15, -0.1) is 0 Å². The van der Waals surface area contributed by atoms with Gasteiger partial charge in [-0.2, -0.15) is 0 Å². The predicted octanol–water partition coefficient (Wildman–Crippen LogP) is 1.87. The molecule has 0 aromatic carbocycles. The van der Waals surface area contributed by atoms with Crippen LogP contribution in [0.1, 0.15) is 19.8 Å². The van der Waals surface area contributed by atoms with Crippen LogP contribution in [0.15, 0.2) is 24.3 Å². The van der Waals surface area contributed by atoms with Crippen molar-refractivity contribution < 1.29 is 9.53 Å². The average Bonchev–Trinajstić information content (AvgIpc) is 2.54. The van der Waals surface area contributed by atoms with E-state index >= 15 is 0 Å². The quantitative estimate of drug-likeness (QED) is 0.637. The lowest BCUT2D eigenvalue weighted by atomic mass is 9.97. The third kappa shape index (κ3) is 1.48. The third-order valence-corrected chi connectivity index (χ3v) is 2.05. The van der Waals surface area contributed by atoms with Gasteiger partial charge in [0.2, 0.25) is 0 Å². The number of hydrogen-bond acceptors (Lipinski definition) is 2. The standard InChI is InChI=1S/C10H14O2/c1-3-6-9(11)10(12-2)7-4-5-8-10/h4-5,7-8H,3,6H2,1-2H3. The molecule has 2 heteroatoms. The predicted molar refractivity (Wildman–Crippen MR) is 47.9 cm³/mol. The molecule has 1 aliphatic rings. The minimum atomic E-state index is -0.754. The minimum absolute atomic E-state index is 0.137. The van der Waals surface area contributed by atoms with Crippen molar-refractivity contribution in [1.29, 1.82) is 0 Å². The number of rotatable bonds is 4. The first-order valence-electron chi connectivity index (χ1n) is 4.20. The first-order chi connectivity index (χ1) is 5.75. The van der Waals surface area contributed by atoms with Gasteiger partial charge in [-0.1, -0.05) is 19.1 Å². The van der Waals surface area contributed by atoms with Crippen LogP contribution >= 0.6 is 0 Å². The first kappa shape index (κ1) is 9.20. The van der Waals surface area contributed by atoms with Crippen molar-refractivity contribution in [3.63, 3.8) is 0 Å². The van der Waals surface area contributed by atoms with Crippen LogP contribution in [0.2, 0.25) is 0 Å². The van der Waals surface area contributed by atoms with E-state index in [0.29, 0.717) is 6.42 Å². The molecule has 0 spiro atoms. The van der Waals surface area contributed by atoms with Gasteiger partial charge in [0.25, 0.3) is 0 Å². The summed E-state index contributed by atoms with van der Waals surface area (Å²) in [5, 5.41) is 0. The highest BCUT2D eigenvalue weighted by Gasteiger charge is 2.33. The van der Waals surface area contributed by atoms with Gasteiger partial charge < -0.3 is 4.74 Å². The summed E-state index contributed by atoms with van der Waals surface area (Å²) in [4.78, 5) is 11.6. The van der Waals surface area contributed by atoms with E-state index in [-0.39, 0.29) is 5.78 Å². The summed E-state index contributed by atoms with van der Waals surface area (Å²) in [5.74, 6) is 0.137. The fraction of sp³-hybridized carbons (Fsp3) is 0.500. The van der Waals surface area contributed by atoms with Gasteiger partial charge in [-0.3, -0.25) is 4.79 Å². The Balaban J connectivity index is 2.74. The van der Waals surface area contributed by atoms with Gasteiger partial charge in [-0.05, 0) is 18.6 Å². The van der Waals surface area contributed by atoms with Gasteiger partial charge in [0.15, 0.2) is 11.4 Å². The normalized spacial score (nSPS) is 18.5. The third-order valence-electron chi connectivity index (χ3n) is 2.05. The molecule has 0 bridgehead atoms. The van der Waals surface area contributed by atoms with Gasteiger partial charge in [0.05, 0.1) is 0 Å². The van der Waals surface area contributed by atoms with Crippen molar-refractivity contribution in [2.45, 2.75) is 25.4 Å². The number of methoxy groups -OCH3 is 1. The van der Waals surface area contributed by atoms with Gasteiger partial charge in [-0.25, -0.2) is 0 Å². The first-order valence-corrected chi connectivity index (χ1v) is 4.20. The summed E-state index contributed by atoms with van der Waals surface area (Å²) in [6.45, 7) is 1.99. The molecule has 1 aliphatic carbocycles. The molecule has 0 aromatic rings. The largest absolute Gasteiger partial charge is 0.362 e. The van der Waals surface area contributed by atoms with E-state index in [2.05, 4.69) is 0 Å². The zero-order valence-electron chi connectivity index (χ0n) is 7.54. The van der Waals surface area contributed by atoms with E-state index in [9.17, 15) is 4.79 Å². The summed E-state index contributed by atoms with van der Waals surface area (Å²) >= 11 is 0. The molecule has 2 nitrogen and oxygen atoms in total. The SMILES string of the molecule is CCCC(=O)C1(OC)C=CC=C1. The number of allylic oxidation sites excluding steroid dienone is 2. The Morgan fingerprint density at radius 3 is 2.42 bits per heavy atom. The highest BCUT2D eigenvalue weighted by Crippen LogP contribution is 2.22. The molecule has 0 atom stereocenters. The fourth-order valence-corrected chi connectivity index (χ4v) is 1.31. The molecule has 0 radical (unpaired) electrons. The number of ketones is 1. The van der Waals surface area contributed by atoms with Crippen molar-refractivity contribution in [2.24, 2.45) is 0 Å². The molecule has 12 heavy (non-hydrogen) atoms. The zero-order chi connectivity index (χ0) is 9.03. The molecule has 0 N–H and O–H groups in total. The van der Waals surface area contributed by atoms with Crippen LogP contribution in [-0.2, 0) is 9.53 Å². The lowest BCUT2D eigenvalue weighted by molar-refractivity contribution is -0.131. The molecule has 0 saturated heterocycles. The topological polar surface area (TPSA) is 26.3 Å². The number of ether oxygens (including phenoxy) is 1. The monoisotopic (exact) mass is 166 g/mol. The van der Waals surface area contributed by atoms with E-state index in [4.69, 9.17) is 4.74 Å². The molecule has 0 amide bonds. The molecular weight excluding hydrogens is 152 g/mol. The van der Waals surface area contributed by atoms with Gasteiger partial charge >= 0.3 is 0 Å². The highest BCUT2D eigenvalue weighted by atomic mass is 16.5. The van der Waals surface area contributed by atoms with Crippen LogP contribution in [0.3, 0.4) is 0 Å². The van der Waals surface area contributed by atoms with E-state index in [1.165, 1.54) is 0 Å². The second kappa shape index (κ2) is 3.68. The van der Waals surface area contributed by atoms with Crippen LogP contribution < -0.4 is 0 Å². The molecule has 0 saturated carbocycles. The van der Waals surface area contributed by atoms with Gasteiger partial charge in [0.1, 0.15) is 0 Å². The Kier molecular flexibility index (Phi) is 2.82. The maximum absolute atomic E-state index is 11.6. The van der Waals surface area contributed by atoms with E-state index in [1.807, 2.05) is 19.1 Å². The molecule has 0 aromatic heterocycles. The summed E-state index contributed by atoms with van der Waals surface area (Å²) in [5.41, 5.74) is -0.754. The van der Waals surface area contributed by atoms with Crippen molar-refractivity contribution in [2.75, 3.05) is 7.11 Å². The van der Waals surface area contributed by atoms with E-state index in [0.717, 1.165) is 6.42 Å². The van der Waals surface area contributed by atoms with E-state index < -0.39 is 5.60 Å². The minimum Gasteiger partial charge on any atom is -0.362 e. The van der Waals surface area contributed by atoms with Crippen molar-refractivity contribution in [1.82, 2.24) is 0 Å². The second-order valence-electron chi connectivity index (χ2n) is 2.89. The molecule has 0 fully saturated rings. The second-order valence-corrected chi connectivity index (χ2v) is 2.89. The van der Waals surface area contributed by atoms with E-state index in [1.54, 1.807) is 19.3 Å². The zero-order valence-corrected chi connectivity index (χ0v) is 7.54. The van der Waals surface area contributed by atoms with Crippen LogP contribution in [0.4, 0.5) is 0 Å². The Morgan fingerprint density at radius 1 is 1.42 bits per heavy atom. The fourth-order valence-electron chi connectivity index (χ4n) is 1.31. The van der Waals surface area contributed by atoms with Crippen LogP contribution in [0, 0.1) is 0 Å². The van der Waals surface area contributed by atoms with Crippen molar-refractivity contribution in [3.8, 4) is 0 Å². The molecule has 0 heterocycles. The van der Waals surface area contributed by atoms with Crippen LogP contribution in [-0.4, -0.2) is 18.5 Å². The Labute approximate surface area is 72.9 Å². The summed E-state index contributed by atoms with van der Waals surface area (Å²) < 4.78 is 5.19. The summed E-state index contributed by atoms with van der Waals surface area (Å²) in [7, 11) is 1.56. The van der Waals surface area contributed by atoms with Crippen LogP contribution in [0.5, 0.6) is 0 Å². The maximum atomic E-state index is 11.6.